The molecule has 2 aliphatic carbocycles. The number of piperidine rings is 1. The number of hydrogen-bond donors (Lipinski definition) is 4. The number of likely N-dealkylation sites (tertiary alicyclic amines) is 1. The summed E-state index contributed by atoms with van der Waals surface area (Å²) in [5.74, 6) is -2.53. The van der Waals surface area contributed by atoms with Gasteiger partial charge in [0, 0.05) is 13.1 Å². The maximum Gasteiger partial charge on any atom is 0.508 e. The molecule has 0 radical (unpaired) electrons. The highest BCUT2D eigenvalue weighted by molar-refractivity contribution is 6.38. The number of Topliss-reactive ketones (excluding diaryl/α,β-unsaturated/α-hetero) is 1. The van der Waals surface area contributed by atoms with Crippen molar-refractivity contribution < 1.29 is 38.2 Å². The first-order valence-electron chi connectivity index (χ1n) is 16.4. The summed E-state index contributed by atoms with van der Waals surface area (Å²) in [6.45, 7) is 15.4. The molecule has 0 bridgehead atoms. The minimum absolute atomic E-state index is 0.0582. The number of nitrogens with one attached hydrogen (secondary N) is 4. The first-order chi connectivity index (χ1) is 21.5. The van der Waals surface area contributed by atoms with Crippen LogP contribution in [0.25, 0.3) is 0 Å². The number of ether oxygens (including phenoxy) is 2. The third-order valence-electron chi connectivity index (χ3n) is 9.81. The van der Waals surface area contributed by atoms with E-state index in [9.17, 15) is 28.8 Å². The molecular formula is C33H53N5O8. The maximum absolute atomic E-state index is 14.3. The zero-order valence-electron chi connectivity index (χ0n) is 28.5. The number of urea groups is 1. The molecular weight excluding hydrogens is 594 g/mol. The highest BCUT2D eigenvalue weighted by Gasteiger charge is 2.70. The topological polar surface area (TPSA) is 172 Å². The summed E-state index contributed by atoms with van der Waals surface area (Å²) in [4.78, 5) is 80.3. The molecule has 1 heterocycles. The fourth-order valence-corrected chi connectivity index (χ4v) is 7.05. The van der Waals surface area contributed by atoms with Gasteiger partial charge in [0.15, 0.2) is 0 Å². The zero-order valence-corrected chi connectivity index (χ0v) is 28.5. The lowest BCUT2D eigenvalue weighted by Crippen LogP contribution is -2.63. The van der Waals surface area contributed by atoms with E-state index in [-0.39, 0.29) is 36.8 Å². The Bertz CT molecular complexity index is 1190. The van der Waals surface area contributed by atoms with Crippen molar-refractivity contribution in [3.05, 3.63) is 12.7 Å². The highest BCUT2D eigenvalue weighted by Crippen LogP contribution is 2.65. The molecule has 258 valence electrons. The van der Waals surface area contributed by atoms with Crippen LogP contribution in [0.3, 0.4) is 0 Å². The minimum atomic E-state index is -1.04. The molecule has 2 saturated carbocycles. The Kier molecular flexibility index (Phi) is 11.9. The number of ketones is 1. The van der Waals surface area contributed by atoms with Gasteiger partial charge in [0.25, 0.3) is 5.91 Å². The van der Waals surface area contributed by atoms with Crippen molar-refractivity contribution in [2.75, 3.05) is 26.8 Å². The fourth-order valence-electron chi connectivity index (χ4n) is 7.05. The smallest absolute Gasteiger partial charge is 0.438 e. The second kappa shape index (κ2) is 14.8. The first-order valence-corrected chi connectivity index (χ1v) is 16.4. The van der Waals surface area contributed by atoms with E-state index in [2.05, 4.69) is 46.4 Å². The van der Waals surface area contributed by atoms with Gasteiger partial charge in [0.1, 0.15) is 18.7 Å². The van der Waals surface area contributed by atoms with Crippen LogP contribution in [-0.4, -0.2) is 91.1 Å². The van der Waals surface area contributed by atoms with Crippen LogP contribution >= 0.6 is 0 Å². The number of amides is 5. The Labute approximate surface area is 272 Å². The van der Waals surface area contributed by atoms with E-state index in [4.69, 9.17) is 4.74 Å². The minimum Gasteiger partial charge on any atom is -0.438 e. The summed E-state index contributed by atoms with van der Waals surface area (Å²) in [7, 11) is 1.22. The normalized spacial score (nSPS) is 23.9. The lowest BCUT2D eigenvalue weighted by atomic mass is 9.82. The quantitative estimate of drug-likeness (QED) is 0.134. The standard InChI is InChI=1S/C33H53N5O8/c1-9-14-21(24(39)27(41)34-17-10-2)35-26(40)23-22-20(32(22,6)7)18-38(23)28(42)25(31(3,4)5)36-29(43)37-33(15-12-11-13-16-33)19-46-30(44)45-8/h10,20-23,25H,2,9,11-19H2,1,3-8H3,(H,34,41)(H,35,40)(H2,36,37,43)/t20-,21?,22-,23-,25+/m0/s1. The molecule has 3 aliphatic rings. The van der Waals surface area contributed by atoms with Crippen LogP contribution in [0.4, 0.5) is 9.59 Å². The summed E-state index contributed by atoms with van der Waals surface area (Å²) in [5, 5.41) is 11.1. The molecule has 46 heavy (non-hydrogen) atoms. The van der Waals surface area contributed by atoms with Crippen LogP contribution in [0, 0.1) is 22.7 Å². The lowest BCUT2D eigenvalue weighted by Gasteiger charge is -2.40. The van der Waals surface area contributed by atoms with Gasteiger partial charge in [-0.2, -0.15) is 0 Å². The molecule has 0 aromatic rings. The van der Waals surface area contributed by atoms with E-state index >= 15 is 0 Å². The Morgan fingerprint density at radius 3 is 2.26 bits per heavy atom. The van der Waals surface area contributed by atoms with Crippen molar-refractivity contribution in [1.82, 2.24) is 26.2 Å². The van der Waals surface area contributed by atoms with Crippen molar-refractivity contribution in [2.45, 2.75) is 110 Å². The van der Waals surface area contributed by atoms with Crippen LogP contribution in [-0.2, 0) is 28.7 Å². The van der Waals surface area contributed by atoms with Crippen LogP contribution in [0.2, 0.25) is 0 Å². The van der Waals surface area contributed by atoms with Gasteiger partial charge in [-0.05, 0) is 41.9 Å². The van der Waals surface area contributed by atoms with Crippen molar-refractivity contribution in [3.63, 3.8) is 0 Å². The van der Waals surface area contributed by atoms with E-state index in [1.165, 1.54) is 18.1 Å². The van der Waals surface area contributed by atoms with E-state index < -0.39 is 64.8 Å². The van der Waals surface area contributed by atoms with E-state index in [1.54, 1.807) is 0 Å². The lowest BCUT2D eigenvalue weighted by molar-refractivity contribution is -0.145. The molecule has 4 N–H and O–H groups in total. The van der Waals surface area contributed by atoms with Crippen LogP contribution in [0.15, 0.2) is 12.7 Å². The van der Waals surface area contributed by atoms with Crippen molar-refractivity contribution in [2.24, 2.45) is 22.7 Å². The number of nitrogens with zero attached hydrogens (tertiary/aromatic N) is 1. The largest absolute Gasteiger partial charge is 0.508 e. The van der Waals surface area contributed by atoms with Crippen molar-refractivity contribution in [3.8, 4) is 0 Å². The Hall–Kier alpha value is -3.64. The number of carbonyl (C=O) groups is 6. The molecule has 5 amide bonds. The van der Waals surface area contributed by atoms with Gasteiger partial charge in [-0.25, -0.2) is 9.59 Å². The molecule has 5 atom stereocenters. The van der Waals surface area contributed by atoms with Gasteiger partial charge in [0.2, 0.25) is 17.6 Å². The Morgan fingerprint density at radius 1 is 1.04 bits per heavy atom. The Balaban J connectivity index is 1.81. The van der Waals surface area contributed by atoms with E-state index in [0.717, 1.165) is 19.3 Å². The van der Waals surface area contributed by atoms with Gasteiger partial charge in [-0.1, -0.05) is 73.3 Å². The van der Waals surface area contributed by atoms with Gasteiger partial charge in [0.05, 0.1) is 18.7 Å². The highest BCUT2D eigenvalue weighted by atomic mass is 16.7. The first kappa shape index (κ1) is 36.8. The van der Waals surface area contributed by atoms with Crippen molar-refractivity contribution >= 4 is 35.7 Å². The second-order valence-corrected chi connectivity index (χ2v) is 14.6. The fraction of sp³-hybridized carbons (Fsp3) is 0.758. The van der Waals surface area contributed by atoms with Crippen LogP contribution < -0.4 is 21.3 Å². The summed E-state index contributed by atoms with van der Waals surface area (Å²) in [5.41, 5.74) is -1.73. The zero-order chi connectivity index (χ0) is 34.4. The average molecular weight is 648 g/mol. The number of fused-ring (bicyclic) bond motifs is 1. The molecule has 1 unspecified atom stereocenters. The molecule has 1 saturated heterocycles. The summed E-state index contributed by atoms with van der Waals surface area (Å²) in [6, 6.07) is -3.48. The summed E-state index contributed by atoms with van der Waals surface area (Å²) < 4.78 is 9.84. The third-order valence-corrected chi connectivity index (χ3v) is 9.81. The van der Waals surface area contributed by atoms with Gasteiger partial charge in [-0.3, -0.25) is 19.2 Å². The molecule has 3 fully saturated rings. The van der Waals surface area contributed by atoms with Gasteiger partial charge < -0.3 is 35.6 Å². The average Bonchev–Trinajstić information content (AvgIpc) is 3.31. The van der Waals surface area contributed by atoms with Crippen molar-refractivity contribution in [1.29, 1.82) is 0 Å². The van der Waals surface area contributed by atoms with Gasteiger partial charge in [-0.15, -0.1) is 6.58 Å². The number of rotatable bonds is 13. The molecule has 0 aromatic heterocycles. The second-order valence-electron chi connectivity index (χ2n) is 14.6. The van der Waals surface area contributed by atoms with Crippen LogP contribution in [0.1, 0.15) is 86.5 Å². The monoisotopic (exact) mass is 647 g/mol. The summed E-state index contributed by atoms with van der Waals surface area (Å²) in [6.07, 6.45) is 5.30. The van der Waals surface area contributed by atoms with Gasteiger partial charge >= 0.3 is 12.2 Å². The molecule has 0 aromatic carbocycles. The maximum atomic E-state index is 14.3. The molecule has 1 aliphatic heterocycles. The Morgan fingerprint density at radius 2 is 1.70 bits per heavy atom. The summed E-state index contributed by atoms with van der Waals surface area (Å²) >= 11 is 0. The molecule has 3 rings (SSSR count). The van der Waals surface area contributed by atoms with E-state index in [0.29, 0.717) is 25.8 Å². The predicted molar refractivity (Wildman–Crippen MR) is 170 cm³/mol. The molecule has 0 spiro atoms. The SMILES string of the molecule is C=CCNC(=O)C(=O)C(CCC)NC(=O)[C@@H]1[C@@H]2[C@H](CN1C(=O)[C@@H](NC(=O)NC1(COC(=O)OC)CCCCC1)C(C)(C)C)C2(C)C. The third kappa shape index (κ3) is 8.38. The molecule has 13 nitrogen and oxygen atoms in total. The number of methoxy groups -OCH3 is 1. The number of carbonyl (C=O) groups excluding carboxylic acids is 6. The van der Waals surface area contributed by atoms with E-state index in [1.807, 2.05) is 27.7 Å². The van der Waals surface area contributed by atoms with Crippen LogP contribution in [0.5, 0.6) is 0 Å². The number of hydrogen-bond acceptors (Lipinski definition) is 8. The predicted octanol–water partition coefficient (Wildman–Crippen LogP) is 2.83. The molecule has 13 heteroatoms.